The van der Waals surface area contributed by atoms with E-state index >= 15 is 0 Å². The molecule has 21 heavy (non-hydrogen) atoms. The van der Waals surface area contributed by atoms with Crippen molar-refractivity contribution in [3.63, 3.8) is 0 Å². The molecule has 1 saturated carbocycles. The Balaban J connectivity index is 1.66. The summed E-state index contributed by atoms with van der Waals surface area (Å²) in [6, 6.07) is 3.67. The molecule has 3 heterocycles. The summed E-state index contributed by atoms with van der Waals surface area (Å²) in [6.45, 7) is 0. The van der Waals surface area contributed by atoms with Crippen molar-refractivity contribution in [1.29, 1.82) is 0 Å². The summed E-state index contributed by atoms with van der Waals surface area (Å²) in [4.78, 5) is 9.04. The standard InChI is InChI=1S/C14H16N5OS/c15-12-8-13-17-14(11-6-3-7-20-11)16-9-19(13,18-12)21-10-4-1-2-5-10/h3,6-10H,1-2,4-5H2,(H2,15,18)/q+1. The average Bonchev–Trinajstić information content (AvgIpc) is 3.17. The summed E-state index contributed by atoms with van der Waals surface area (Å²) in [6.07, 6.45) is 10.2. The van der Waals surface area contributed by atoms with Gasteiger partial charge in [-0.25, -0.2) is 0 Å². The number of rotatable bonds is 3. The fourth-order valence-corrected chi connectivity index (χ4v) is 4.23. The highest BCUT2D eigenvalue weighted by molar-refractivity contribution is 7.94. The molecule has 1 aliphatic carbocycles. The van der Waals surface area contributed by atoms with Gasteiger partial charge >= 0.3 is 0 Å². The zero-order chi connectivity index (χ0) is 14.3. The number of hydrogen-bond donors (Lipinski definition) is 1. The number of furan rings is 1. The predicted octanol–water partition coefficient (Wildman–Crippen LogP) is 2.60. The van der Waals surface area contributed by atoms with Crippen LogP contribution in [0.25, 0.3) is 0 Å². The van der Waals surface area contributed by atoms with Crippen molar-refractivity contribution in [3.8, 4) is 0 Å². The van der Waals surface area contributed by atoms with Crippen molar-refractivity contribution in [2.24, 2.45) is 20.8 Å². The van der Waals surface area contributed by atoms with Crippen LogP contribution in [0.5, 0.6) is 0 Å². The largest absolute Gasteiger partial charge is 0.461 e. The minimum Gasteiger partial charge on any atom is -0.461 e. The molecule has 0 saturated heterocycles. The molecule has 0 bridgehead atoms. The van der Waals surface area contributed by atoms with Crippen LogP contribution in [0.15, 0.2) is 49.8 Å². The molecule has 6 nitrogen and oxygen atoms in total. The van der Waals surface area contributed by atoms with Gasteiger partial charge in [0.15, 0.2) is 11.6 Å². The molecule has 0 spiro atoms. The van der Waals surface area contributed by atoms with Crippen LogP contribution in [-0.2, 0) is 0 Å². The number of hydrogen-bond acceptors (Lipinski definition) is 6. The summed E-state index contributed by atoms with van der Waals surface area (Å²) < 4.78 is 5.58. The zero-order valence-electron chi connectivity index (χ0n) is 11.5. The van der Waals surface area contributed by atoms with Gasteiger partial charge in [0.05, 0.1) is 17.6 Å². The molecule has 0 amide bonds. The van der Waals surface area contributed by atoms with E-state index in [1.165, 1.54) is 25.7 Å². The molecule has 0 aromatic carbocycles. The molecule has 1 aromatic heterocycles. The Labute approximate surface area is 126 Å². The second kappa shape index (κ2) is 4.85. The quantitative estimate of drug-likeness (QED) is 0.688. The molecule has 1 aromatic rings. The third-order valence-corrected chi connectivity index (χ3v) is 5.23. The fourth-order valence-electron chi connectivity index (χ4n) is 2.79. The van der Waals surface area contributed by atoms with E-state index in [1.54, 1.807) is 24.5 Å². The van der Waals surface area contributed by atoms with E-state index in [0.717, 1.165) is 5.82 Å². The summed E-state index contributed by atoms with van der Waals surface area (Å²) in [7, 11) is 0. The van der Waals surface area contributed by atoms with Gasteiger partial charge in [0.2, 0.25) is 12.2 Å². The third kappa shape index (κ3) is 2.22. The number of nitrogens with zero attached hydrogens (tertiary/aromatic N) is 4. The SMILES string of the molecule is NC1=N[N+]2(SC3CCCC3)C=NC(c3ccco3)=NC2=C1. The van der Waals surface area contributed by atoms with E-state index in [-0.39, 0.29) is 4.00 Å². The molecule has 0 radical (unpaired) electrons. The molecule has 108 valence electrons. The normalized spacial score (nSPS) is 28.3. The van der Waals surface area contributed by atoms with Crippen molar-refractivity contribution in [1.82, 2.24) is 0 Å². The molecule has 7 heteroatoms. The zero-order valence-corrected chi connectivity index (χ0v) is 12.3. The van der Waals surface area contributed by atoms with E-state index in [2.05, 4.69) is 15.1 Å². The van der Waals surface area contributed by atoms with Crippen LogP contribution in [0.4, 0.5) is 0 Å². The number of quaternary nitrogens is 1. The van der Waals surface area contributed by atoms with Gasteiger partial charge in [-0.3, -0.25) is 0 Å². The van der Waals surface area contributed by atoms with Gasteiger partial charge in [-0.15, -0.1) is 0 Å². The van der Waals surface area contributed by atoms with Crippen molar-refractivity contribution in [3.05, 3.63) is 36.1 Å². The lowest BCUT2D eigenvalue weighted by atomic mass is 10.4. The van der Waals surface area contributed by atoms with Crippen LogP contribution < -0.4 is 5.73 Å². The molecule has 3 aliphatic rings. The Hall–Kier alpha value is -1.86. The monoisotopic (exact) mass is 302 g/mol. The highest BCUT2D eigenvalue weighted by Gasteiger charge is 2.45. The van der Waals surface area contributed by atoms with Crippen LogP contribution in [0.2, 0.25) is 0 Å². The number of fused-ring (bicyclic) bond motifs is 1. The van der Waals surface area contributed by atoms with E-state index < -0.39 is 0 Å². The first-order valence-corrected chi connectivity index (χ1v) is 7.92. The van der Waals surface area contributed by atoms with Crippen molar-refractivity contribution < 1.29 is 8.41 Å². The van der Waals surface area contributed by atoms with Crippen LogP contribution in [0, 0.1) is 0 Å². The molecule has 4 rings (SSSR count). The fraction of sp³-hybridized carbons (Fsp3) is 0.357. The number of aliphatic imine (C=N–C) groups is 2. The Morgan fingerprint density at radius 2 is 2.19 bits per heavy atom. The Morgan fingerprint density at radius 1 is 1.33 bits per heavy atom. The predicted molar refractivity (Wildman–Crippen MR) is 83.5 cm³/mol. The highest BCUT2D eigenvalue weighted by atomic mass is 32.2. The molecular formula is C14H16N5OS+. The van der Waals surface area contributed by atoms with Gasteiger partial charge < -0.3 is 10.2 Å². The van der Waals surface area contributed by atoms with E-state index in [1.807, 2.05) is 18.2 Å². The second-order valence-corrected chi connectivity index (χ2v) is 6.75. The molecule has 1 unspecified atom stereocenters. The van der Waals surface area contributed by atoms with Gasteiger partial charge in [-0.05, 0) is 34.1 Å². The summed E-state index contributed by atoms with van der Waals surface area (Å²) >= 11 is 1.76. The number of nitrogens with two attached hydrogens (primary N) is 1. The Morgan fingerprint density at radius 3 is 2.95 bits per heavy atom. The van der Waals surface area contributed by atoms with Gasteiger partial charge in [0.25, 0.3) is 5.82 Å². The van der Waals surface area contributed by atoms with E-state index in [9.17, 15) is 0 Å². The first kappa shape index (κ1) is 12.8. The third-order valence-electron chi connectivity index (χ3n) is 3.78. The van der Waals surface area contributed by atoms with Gasteiger partial charge in [0, 0.05) is 0 Å². The maximum atomic E-state index is 5.91. The van der Waals surface area contributed by atoms with Crippen molar-refractivity contribution in [2.75, 3.05) is 0 Å². The molecule has 1 atom stereocenters. The summed E-state index contributed by atoms with van der Waals surface area (Å²) in [5.74, 6) is 2.51. The van der Waals surface area contributed by atoms with Crippen LogP contribution in [0.1, 0.15) is 31.4 Å². The molecule has 2 N–H and O–H groups in total. The first-order valence-electron chi connectivity index (χ1n) is 7.08. The Kier molecular flexibility index (Phi) is 2.97. The maximum absolute atomic E-state index is 5.91. The Bertz CT molecular complexity index is 670. The summed E-state index contributed by atoms with van der Waals surface area (Å²) in [5, 5.41) is 5.12. The average molecular weight is 302 g/mol. The summed E-state index contributed by atoms with van der Waals surface area (Å²) in [5.41, 5.74) is 5.91. The van der Waals surface area contributed by atoms with Crippen LogP contribution >= 0.6 is 11.9 Å². The maximum Gasteiger partial charge on any atom is 0.278 e. The molecular weight excluding hydrogens is 286 g/mol. The lowest BCUT2D eigenvalue weighted by Gasteiger charge is -2.25. The second-order valence-electron chi connectivity index (χ2n) is 5.32. The van der Waals surface area contributed by atoms with Crippen molar-refractivity contribution >= 4 is 30.0 Å². The van der Waals surface area contributed by atoms with Gasteiger partial charge in [-0.2, -0.15) is 9.98 Å². The number of amidine groups is 2. The topological polar surface area (TPSA) is 76.2 Å². The van der Waals surface area contributed by atoms with E-state index in [4.69, 9.17) is 10.2 Å². The minimum absolute atomic E-state index is 0.223. The van der Waals surface area contributed by atoms with Crippen LogP contribution in [-0.4, -0.2) is 27.3 Å². The lowest BCUT2D eigenvalue weighted by Crippen LogP contribution is -2.36. The smallest absolute Gasteiger partial charge is 0.278 e. The van der Waals surface area contributed by atoms with Crippen LogP contribution in [0.3, 0.4) is 0 Å². The minimum atomic E-state index is 0.223. The van der Waals surface area contributed by atoms with E-state index in [0.29, 0.717) is 22.7 Å². The van der Waals surface area contributed by atoms with Crippen molar-refractivity contribution in [2.45, 2.75) is 30.9 Å². The lowest BCUT2D eigenvalue weighted by molar-refractivity contribution is -0.651. The van der Waals surface area contributed by atoms with Gasteiger partial charge in [-0.1, -0.05) is 12.8 Å². The van der Waals surface area contributed by atoms with Gasteiger partial charge in [0.1, 0.15) is 11.9 Å². The highest BCUT2D eigenvalue weighted by Crippen LogP contribution is 2.43. The molecule has 1 fully saturated rings. The first-order chi connectivity index (χ1) is 10.3. The molecule has 2 aliphatic heterocycles.